The van der Waals surface area contributed by atoms with E-state index in [4.69, 9.17) is 4.74 Å². The number of carbonyl (C=O) groups excluding carboxylic acids is 2. The molecule has 4 heteroatoms. The van der Waals surface area contributed by atoms with Crippen LogP contribution in [-0.4, -0.2) is 24.4 Å². The molecule has 1 heterocycles. The standard InChI is InChI=1S/C12H12NO3/c1-2-16-12(15)10-11(14)9-6-4-3-5-8(9)7-13-10/h3-6,10H,2,7H2,1H3. The van der Waals surface area contributed by atoms with Crippen LogP contribution in [0.15, 0.2) is 24.3 Å². The Morgan fingerprint density at radius 1 is 1.50 bits per heavy atom. The van der Waals surface area contributed by atoms with Gasteiger partial charge in [-0.2, -0.15) is 0 Å². The van der Waals surface area contributed by atoms with Crippen molar-refractivity contribution in [1.29, 1.82) is 0 Å². The molecule has 1 aromatic carbocycles. The van der Waals surface area contributed by atoms with E-state index < -0.39 is 12.0 Å². The average molecular weight is 218 g/mol. The van der Waals surface area contributed by atoms with Gasteiger partial charge in [0.05, 0.1) is 6.61 Å². The Balaban J connectivity index is 2.24. The van der Waals surface area contributed by atoms with Gasteiger partial charge in [-0.3, -0.25) is 4.79 Å². The summed E-state index contributed by atoms with van der Waals surface area (Å²) in [4.78, 5) is 23.4. The minimum atomic E-state index is -0.977. The number of rotatable bonds is 2. The molecule has 1 aliphatic heterocycles. The lowest BCUT2D eigenvalue weighted by Gasteiger charge is -2.21. The molecule has 0 saturated heterocycles. The Bertz CT molecular complexity index is 428. The van der Waals surface area contributed by atoms with Gasteiger partial charge in [0, 0.05) is 12.1 Å². The van der Waals surface area contributed by atoms with Crippen LogP contribution >= 0.6 is 0 Å². The predicted octanol–water partition coefficient (Wildman–Crippen LogP) is 0.919. The third kappa shape index (κ3) is 1.84. The number of carbonyl (C=O) groups is 2. The highest BCUT2D eigenvalue weighted by atomic mass is 16.5. The fourth-order valence-electron chi connectivity index (χ4n) is 1.72. The van der Waals surface area contributed by atoms with E-state index in [0.29, 0.717) is 12.1 Å². The van der Waals surface area contributed by atoms with Crippen LogP contribution in [0.5, 0.6) is 0 Å². The van der Waals surface area contributed by atoms with E-state index >= 15 is 0 Å². The van der Waals surface area contributed by atoms with E-state index in [9.17, 15) is 9.59 Å². The minimum Gasteiger partial charge on any atom is -0.464 e. The van der Waals surface area contributed by atoms with Crippen molar-refractivity contribution in [2.24, 2.45) is 0 Å². The first kappa shape index (κ1) is 10.8. The molecule has 0 bridgehead atoms. The van der Waals surface area contributed by atoms with Crippen LogP contribution in [0.3, 0.4) is 0 Å². The van der Waals surface area contributed by atoms with Gasteiger partial charge in [0.1, 0.15) is 0 Å². The maximum absolute atomic E-state index is 11.9. The molecule has 1 unspecified atom stereocenters. The molecule has 0 aliphatic carbocycles. The van der Waals surface area contributed by atoms with Crippen molar-refractivity contribution < 1.29 is 14.3 Å². The second-order valence-electron chi connectivity index (χ2n) is 3.52. The number of hydrogen-bond donors (Lipinski definition) is 0. The van der Waals surface area contributed by atoms with Crippen molar-refractivity contribution in [3.05, 3.63) is 35.4 Å². The summed E-state index contributed by atoms with van der Waals surface area (Å²) in [5.41, 5.74) is 1.45. The molecule has 4 nitrogen and oxygen atoms in total. The van der Waals surface area contributed by atoms with Crippen LogP contribution in [0.4, 0.5) is 0 Å². The molecule has 2 rings (SSSR count). The summed E-state index contributed by atoms with van der Waals surface area (Å²) in [6, 6.07) is 6.22. The molecule has 1 aromatic rings. The van der Waals surface area contributed by atoms with Gasteiger partial charge in [-0.05, 0) is 12.5 Å². The second-order valence-corrected chi connectivity index (χ2v) is 3.52. The molecular formula is C12H12NO3. The first-order valence-corrected chi connectivity index (χ1v) is 5.19. The summed E-state index contributed by atoms with van der Waals surface area (Å²) < 4.78 is 4.81. The Morgan fingerprint density at radius 3 is 3.00 bits per heavy atom. The number of hydrogen-bond acceptors (Lipinski definition) is 3. The van der Waals surface area contributed by atoms with Gasteiger partial charge in [-0.25, -0.2) is 10.1 Å². The van der Waals surface area contributed by atoms with E-state index in [2.05, 4.69) is 5.32 Å². The topological polar surface area (TPSA) is 57.5 Å². The summed E-state index contributed by atoms with van der Waals surface area (Å²) >= 11 is 0. The molecule has 1 atom stereocenters. The van der Waals surface area contributed by atoms with Crippen LogP contribution in [0.1, 0.15) is 22.8 Å². The predicted molar refractivity (Wildman–Crippen MR) is 57.0 cm³/mol. The van der Waals surface area contributed by atoms with E-state index in [1.54, 1.807) is 19.1 Å². The highest BCUT2D eigenvalue weighted by Crippen LogP contribution is 2.18. The molecule has 1 radical (unpaired) electrons. The molecule has 16 heavy (non-hydrogen) atoms. The lowest BCUT2D eigenvalue weighted by atomic mass is 9.94. The SMILES string of the molecule is CCOC(=O)C1[N]Cc2ccccc2C1=O. The molecule has 0 spiro atoms. The second kappa shape index (κ2) is 4.45. The largest absolute Gasteiger partial charge is 0.464 e. The summed E-state index contributed by atoms with van der Waals surface area (Å²) in [6.07, 6.45) is 0. The van der Waals surface area contributed by atoms with Crippen molar-refractivity contribution in [2.75, 3.05) is 6.61 Å². The molecule has 1 aliphatic rings. The lowest BCUT2D eigenvalue weighted by molar-refractivity contribution is -0.144. The van der Waals surface area contributed by atoms with Crippen molar-refractivity contribution in [3.63, 3.8) is 0 Å². The van der Waals surface area contributed by atoms with Gasteiger partial charge < -0.3 is 4.74 Å². The molecule has 0 aromatic heterocycles. The molecule has 0 N–H and O–H groups in total. The van der Waals surface area contributed by atoms with Crippen LogP contribution in [0.2, 0.25) is 0 Å². The smallest absolute Gasteiger partial charge is 0.332 e. The Labute approximate surface area is 93.6 Å². The third-order valence-electron chi connectivity index (χ3n) is 2.49. The maximum Gasteiger partial charge on any atom is 0.332 e. The summed E-state index contributed by atoms with van der Waals surface area (Å²) in [7, 11) is 0. The summed E-state index contributed by atoms with van der Waals surface area (Å²) in [5.74, 6) is -0.817. The van der Waals surface area contributed by atoms with Crippen LogP contribution in [0, 0.1) is 0 Å². The van der Waals surface area contributed by atoms with E-state index in [0.717, 1.165) is 5.56 Å². The van der Waals surface area contributed by atoms with Gasteiger partial charge in [0.15, 0.2) is 11.8 Å². The van der Waals surface area contributed by atoms with Crippen molar-refractivity contribution in [1.82, 2.24) is 5.32 Å². The zero-order chi connectivity index (χ0) is 11.5. The van der Waals surface area contributed by atoms with Crippen LogP contribution in [0.25, 0.3) is 0 Å². The van der Waals surface area contributed by atoms with Crippen molar-refractivity contribution in [2.45, 2.75) is 19.5 Å². The maximum atomic E-state index is 11.9. The number of ketones is 1. The number of nitrogens with zero attached hydrogens (tertiary/aromatic N) is 1. The zero-order valence-corrected chi connectivity index (χ0v) is 8.97. The van der Waals surface area contributed by atoms with E-state index in [1.165, 1.54) is 0 Å². The van der Waals surface area contributed by atoms with Gasteiger partial charge in [-0.15, -0.1) is 0 Å². The van der Waals surface area contributed by atoms with Gasteiger partial charge in [0.2, 0.25) is 0 Å². The van der Waals surface area contributed by atoms with Gasteiger partial charge in [-0.1, -0.05) is 24.3 Å². The average Bonchev–Trinajstić information content (AvgIpc) is 2.30. The Kier molecular flexibility index (Phi) is 3.01. The van der Waals surface area contributed by atoms with Crippen molar-refractivity contribution in [3.8, 4) is 0 Å². The molecule has 0 fully saturated rings. The summed E-state index contributed by atoms with van der Waals surface area (Å²) in [6.45, 7) is 2.37. The van der Waals surface area contributed by atoms with Crippen LogP contribution in [-0.2, 0) is 16.1 Å². The zero-order valence-electron chi connectivity index (χ0n) is 8.97. The fraction of sp³-hybridized carbons (Fsp3) is 0.333. The summed E-state index contributed by atoms with van der Waals surface area (Å²) in [5, 5.41) is 4.05. The van der Waals surface area contributed by atoms with Crippen LogP contribution < -0.4 is 5.32 Å². The Morgan fingerprint density at radius 2 is 2.25 bits per heavy atom. The number of ether oxygens (including phenoxy) is 1. The lowest BCUT2D eigenvalue weighted by Crippen LogP contribution is -2.43. The monoisotopic (exact) mass is 218 g/mol. The number of esters is 1. The number of Topliss-reactive ketones (excluding diaryl/α,β-unsaturated/α-hetero) is 1. The fourth-order valence-corrected chi connectivity index (χ4v) is 1.72. The highest BCUT2D eigenvalue weighted by Gasteiger charge is 2.34. The van der Waals surface area contributed by atoms with E-state index in [-0.39, 0.29) is 12.4 Å². The first-order chi connectivity index (χ1) is 7.74. The molecular weight excluding hydrogens is 206 g/mol. The van der Waals surface area contributed by atoms with E-state index in [1.807, 2.05) is 12.1 Å². The molecule has 0 amide bonds. The number of fused-ring (bicyclic) bond motifs is 1. The van der Waals surface area contributed by atoms with Gasteiger partial charge >= 0.3 is 5.97 Å². The Hall–Kier alpha value is -1.68. The normalized spacial score (nSPS) is 19.1. The molecule has 0 saturated carbocycles. The number of benzene rings is 1. The highest BCUT2D eigenvalue weighted by molar-refractivity contribution is 6.13. The molecule has 83 valence electrons. The van der Waals surface area contributed by atoms with Gasteiger partial charge in [0.25, 0.3) is 0 Å². The third-order valence-corrected chi connectivity index (χ3v) is 2.49. The quantitative estimate of drug-likeness (QED) is 0.548. The first-order valence-electron chi connectivity index (χ1n) is 5.19. The van der Waals surface area contributed by atoms with Crippen molar-refractivity contribution >= 4 is 11.8 Å². The minimum absolute atomic E-state index is 0.264.